The van der Waals surface area contributed by atoms with Crippen LogP contribution in [0, 0.1) is 0 Å². The number of carbonyl (C=O) groups is 5. The Labute approximate surface area is 241 Å². The zero-order valence-electron chi connectivity index (χ0n) is 22.9. The first-order valence-corrected chi connectivity index (χ1v) is 13.1. The highest BCUT2D eigenvalue weighted by Crippen LogP contribution is 2.07. The molecule has 2 aromatic rings. The molecule has 4 atom stereocenters. The summed E-state index contributed by atoms with van der Waals surface area (Å²) in [5, 5.41) is 25.8. The lowest BCUT2D eigenvalue weighted by Gasteiger charge is -2.25. The summed E-state index contributed by atoms with van der Waals surface area (Å²) in [7, 11) is 0. The lowest BCUT2D eigenvalue weighted by atomic mass is 10.0. The summed E-state index contributed by atoms with van der Waals surface area (Å²) in [6.07, 6.45) is 2.39. The number of nitrogens with one attached hydrogen (secondary N) is 4. The molecule has 16 heteroatoms. The zero-order chi connectivity index (χ0) is 31.1. The number of benzene rings is 1. The summed E-state index contributed by atoms with van der Waals surface area (Å²) in [5.41, 5.74) is 18.1. The van der Waals surface area contributed by atoms with Gasteiger partial charge in [-0.15, -0.1) is 0 Å². The van der Waals surface area contributed by atoms with Crippen LogP contribution in [0.2, 0.25) is 0 Å². The number of aromatic nitrogens is 2. The van der Waals surface area contributed by atoms with E-state index in [-0.39, 0.29) is 44.6 Å². The molecule has 12 N–H and O–H groups in total. The Morgan fingerprint density at radius 3 is 2.12 bits per heavy atom. The summed E-state index contributed by atoms with van der Waals surface area (Å²) < 4.78 is 0. The van der Waals surface area contributed by atoms with Crippen molar-refractivity contribution in [1.29, 1.82) is 0 Å². The molecule has 0 saturated carbocycles. The highest BCUT2D eigenvalue weighted by atomic mass is 16.4. The Bertz CT molecular complexity index is 1220. The molecular weight excluding hydrogens is 550 g/mol. The molecule has 0 spiro atoms. The highest BCUT2D eigenvalue weighted by molar-refractivity contribution is 5.94. The van der Waals surface area contributed by atoms with Crippen LogP contribution in [0.25, 0.3) is 0 Å². The van der Waals surface area contributed by atoms with Gasteiger partial charge in [-0.05, 0) is 31.2 Å². The topological polar surface area (TPSA) is 281 Å². The monoisotopic (exact) mass is 587 g/mol. The Morgan fingerprint density at radius 2 is 1.52 bits per heavy atom. The van der Waals surface area contributed by atoms with Gasteiger partial charge in [0.25, 0.3) is 0 Å². The smallest absolute Gasteiger partial charge is 0.326 e. The Hall–Kier alpha value is -4.99. The number of nitrogens with zero attached hydrogens (tertiary/aromatic N) is 2. The number of nitrogens with two attached hydrogens (primary N) is 3. The molecule has 1 aromatic carbocycles. The van der Waals surface area contributed by atoms with Gasteiger partial charge in [-0.2, -0.15) is 0 Å². The fraction of sp³-hybridized carbons (Fsp3) is 0.423. The van der Waals surface area contributed by atoms with E-state index >= 15 is 0 Å². The summed E-state index contributed by atoms with van der Waals surface area (Å²) in [6, 6.07) is 4.12. The minimum atomic E-state index is -1.51. The van der Waals surface area contributed by atoms with Crippen molar-refractivity contribution in [2.45, 2.75) is 62.7 Å². The molecule has 3 amide bonds. The van der Waals surface area contributed by atoms with E-state index in [4.69, 9.17) is 22.3 Å². The summed E-state index contributed by atoms with van der Waals surface area (Å²) in [4.78, 5) is 72.6. The van der Waals surface area contributed by atoms with Gasteiger partial charge in [0.2, 0.25) is 17.7 Å². The summed E-state index contributed by atoms with van der Waals surface area (Å²) in [6.45, 7) is 0.167. The van der Waals surface area contributed by atoms with Gasteiger partial charge < -0.3 is 48.3 Å². The second kappa shape index (κ2) is 17.0. The maximum Gasteiger partial charge on any atom is 0.326 e. The number of H-pyrrole nitrogens is 1. The van der Waals surface area contributed by atoms with E-state index in [9.17, 15) is 29.1 Å². The van der Waals surface area contributed by atoms with E-state index in [2.05, 4.69) is 30.9 Å². The number of carbonyl (C=O) groups excluding carboxylic acids is 3. The van der Waals surface area contributed by atoms with E-state index in [0.717, 1.165) is 5.56 Å². The van der Waals surface area contributed by atoms with Gasteiger partial charge in [0.1, 0.15) is 18.1 Å². The number of hydrogen-bond donors (Lipinski definition) is 9. The number of rotatable bonds is 18. The van der Waals surface area contributed by atoms with Crippen LogP contribution >= 0.6 is 0 Å². The number of imidazole rings is 1. The first-order valence-electron chi connectivity index (χ1n) is 13.1. The summed E-state index contributed by atoms with van der Waals surface area (Å²) in [5.74, 6) is -5.03. The molecule has 4 unspecified atom stereocenters. The van der Waals surface area contributed by atoms with Crippen LogP contribution < -0.4 is 33.2 Å². The molecule has 0 bridgehead atoms. The molecule has 42 heavy (non-hydrogen) atoms. The van der Waals surface area contributed by atoms with Gasteiger partial charge in [-0.3, -0.25) is 24.2 Å². The molecular formula is C26H37N9O7. The zero-order valence-corrected chi connectivity index (χ0v) is 22.9. The predicted octanol–water partition coefficient (Wildman–Crippen LogP) is -2.02. The second-order valence-corrected chi connectivity index (χ2v) is 9.48. The Morgan fingerprint density at radius 1 is 0.881 bits per heavy atom. The number of aliphatic imine (C=N–C) groups is 1. The average Bonchev–Trinajstić information content (AvgIpc) is 3.45. The molecule has 1 aromatic heterocycles. The lowest BCUT2D eigenvalue weighted by molar-refractivity contribution is -0.143. The SMILES string of the molecule is NC(N)=NCCCC(NC(=O)C(N)Cc1ccccc1)C(=O)NC(Cc1cnc[nH]1)C(=O)NC(CCC(=O)O)C(=O)O. The average molecular weight is 588 g/mol. The fourth-order valence-electron chi connectivity index (χ4n) is 3.91. The van der Waals surface area contributed by atoms with Gasteiger partial charge in [-0.1, -0.05) is 30.3 Å². The molecule has 0 aliphatic rings. The van der Waals surface area contributed by atoms with Crippen LogP contribution in [-0.4, -0.2) is 86.5 Å². The second-order valence-electron chi connectivity index (χ2n) is 9.48. The molecule has 2 rings (SSSR count). The quantitative estimate of drug-likeness (QED) is 0.0521. The van der Waals surface area contributed by atoms with Gasteiger partial charge in [0, 0.05) is 31.3 Å². The number of guanidine groups is 1. The number of amides is 3. The normalized spacial score (nSPS) is 13.5. The van der Waals surface area contributed by atoms with Crippen molar-refractivity contribution in [2.24, 2.45) is 22.2 Å². The van der Waals surface area contributed by atoms with Crippen LogP contribution in [0.15, 0.2) is 47.8 Å². The van der Waals surface area contributed by atoms with E-state index in [1.54, 1.807) is 12.1 Å². The standard InChI is InChI=1S/C26H37N9O7/c27-17(11-15-5-2-1-3-6-15)22(38)33-18(7-4-10-31-26(28)29)23(39)35-20(12-16-13-30-14-32-16)24(40)34-19(25(41)42)8-9-21(36)37/h1-3,5-6,13-14,17-20H,4,7-12,27H2,(H,30,32)(H,33,38)(H,34,40)(H,35,39)(H,36,37)(H,41,42)(H4,28,29,31). The maximum atomic E-state index is 13.4. The van der Waals surface area contributed by atoms with Gasteiger partial charge in [-0.25, -0.2) is 9.78 Å². The molecule has 228 valence electrons. The van der Waals surface area contributed by atoms with Gasteiger partial charge in [0.05, 0.1) is 12.4 Å². The third kappa shape index (κ3) is 12.0. The first kappa shape index (κ1) is 33.2. The number of carboxylic acids is 2. The molecule has 0 fully saturated rings. The largest absolute Gasteiger partial charge is 0.481 e. The molecule has 0 radical (unpaired) electrons. The van der Waals surface area contributed by atoms with Crippen molar-refractivity contribution in [2.75, 3.05) is 6.54 Å². The third-order valence-electron chi connectivity index (χ3n) is 6.09. The van der Waals surface area contributed by atoms with E-state index in [0.29, 0.717) is 5.69 Å². The van der Waals surface area contributed by atoms with Crippen molar-refractivity contribution in [3.8, 4) is 0 Å². The molecule has 16 nitrogen and oxygen atoms in total. The number of aromatic amines is 1. The van der Waals surface area contributed by atoms with E-state index < -0.39 is 60.2 Å². The van der Waals surface area contributed by atoms with Gasteiger partial charge in [0.15, 0.2) is 5.96 Å². The molecule has 0 aliphatic carbocycles. The van der Waals surface area contributed by atoms with Crippen LogP contribution in [0.5, 0.6) is 0 Å². The number of hydrogen-bond acceptors (Lipinski definition) is 8. The molecule has 1 heterocycles. The highest BCUT2D eigenvalue weighted by Gasteiger charge is 2.31. The minimum absolute atomic E-state index is 0.0845. The van der Waals surface area contributed by atoms with Crippen LogP contribution in [-0.2, 0) is 36.8 Å². The number of aliphatic carboxylic acids is 2. The van der Waals surface area contributed by atoms with E-state index in [1.165, 1.54) is 12.5 Å². The number of carboxylic acid groups (broad SMARTS) is 2. The van der Waals surface area contributed by atoms with E-state index in [1.807, 2.05) is 18.2 Å². The lowest BCUT2D eigenvalue weighted by Crippen LogP contribution is -2.57. The van der Waals surface area contributed by atoms with Crippen molar-refractivity contribution >= 4 is 35.6 Å². The maximum absolute atomic E-state index is 13.4. The fourth-order valence-corrected chi connectivity index (χ4v) is 3.91. The molecule has 0 aliphatic heterocycles. The predicted molar refractivity (Wildman–Crippen MR) is 151 cm³/mol. The van der Waals surface area contributed by atoms with Gasteiger partial charge >= 0.3 is 11.9 Å². The third-order valence-corrected chi connectivity index (χ3v) is 6.09. The summed E-state index contributed by atoms with van der Waals surface area (Å²) >= 11 is 0. The van der Waals surface area contributed by atoms with Crippen LogP contribution in [0.1, 0.15) is 36.9 Å². The Kier molecular flexibility index (Phi) is 13.4. The van der Waals surface area contributed by atoms with Crippen molar-refractivity contribution in [3.05, 3.63) is 54.1 Å². The first-order chi connectivity index (χ1) is 20.0. The Balaban J connectivity index is 2.20. The molecule has 0 saturated heterocycles. The van der Waals surface area contributed by atoms with Crippen molar-refractivity contribution in [3.63, 3.8) is 0 Å². The van der Waals surface area contributed by atoms with Crippen LogP contribution in [0.4, 0.5) is 0 Å². The van der Waals surface area contributed by atoms with Crippen LogP contribution in [0.3, 0.4) is 0 Å². The minimum Gasteiger partial charge on any atom is -0.481 e. The van der Waals surface area contributed by atoms with Crippen molar-refractivity contribution < 1.29 is 34.2 Å². The van der Waals surface area contributed by atoms with Crippen molar-refractivity contribution in [1.82, 2.24) is 25.9 Å².